The van der Waals surface area contributed by atoms with Crippen molar-refractivity contribution in [3.05, 3.63) is 53.1 Å². The number of thiazole rings is 1. The highest BCUT2D eigenvalue weighted by atomic mass is 35.5. The van der Waals surface area contributed by atoms with E-state index in [4.69, 9.17) is 17.3 Å². The van der Waals surface area contributed by atoms with Gasteiger partial charge in [0.1, 0.15) is 0 Å². The summed E-state index contributed by atoms with van der Waals surface area (Å²) >= 11 is 9.50. The Labute approximate surface area is 137 Å². The SMILES string of the molecule is CC(N)Cc1cc(Cl)ccc1Sc1nc2ccccc2s1. The van der Waals surface area contributed by atoms with Crippen molar-refractivity contribution in [3.8, 4) is 0 Å². The van der Waals surface area contributed by atoms with E-state index in [1.807, 2.05) is 37.3 Å². The molecule has 0 bridgehead atoms. The van der Waals surface area contributed by atoms with Crippen molar-refractivity contribution in [2.75, 3.05) is 0 Å². The van der Waals surface area contributed by atoms with Crippen molar-refractivity contribution < 1.29 is 0 Å². The van der Waals surface area contributed by atoms with E-state index < -0.39 is 0 Å². The molecule has 108 valence electrons. The number of halogens is 1. The first-order valence-corrected chi connectivity index (χ1v) is 8.70. The van der Waals surface area contributed by atoms with Crippen LogP contribution in [0.2, 0.25) is 5.02 Å². The van der Waals surface area contributed by atoms with Crippen LogP contribution in [-0.2, 0) is 6.42 Å². The van der Waals surface area contributed by atoms with Crippen LogP contribution in [0.15, 0.2) is 51.7 Å². The van der Waals surface area contributed by atoms with E-state index in [0.717, 1.165) is 21.3 Å². The number of aromatic nitrogens is 1. The molecule has 1 aromatic heterocycles. The quantitative estimate of drug-likeness (QED) is 0.730. The third-order valence-corrected chi connectivity index (χ3v) is 5.49. The molecular formula is C16H15ClN2S2. The molecule has 2 N–H and O–H groups in total. The molecule has 0 saturated heterocycles. The third kappa shape index (κ3) is 3.58. The first-order chi connectivity index (χ1) is 10.1. The lowest BCUT2D eigenvalue weighted by Gasteiger charge is -2.10. The Morgan fingerprint density at radius 2 is 2.10 bits per heavy atom. The molecule has 21 heavy (non-hydrogen) atoms. The Kier molecular flexibility index (Phi) is 4.50. The number of benzene rings is 2. The van der Waals surface area contributed by atoms with E-state index in [1.54, 1.807) is 23.1 Å². The topological polar surface area (TPSA) is 38.9 Å². The molecule has 0 aliphatic rings. The Morgan fingerprint density at radius 1 is 1.29 bits per heavy atom. The lowest BCUT2D eigenvalue weighted by atomic mass is 10.1. The highest BCUT2D eigenvalue weighted by Crippen LogP contribution is 2.37. The van der Waals surface area contributed by atoms with Crippen LogP contribution < -0.4 is 5.73 Å². The minimum atomic E-state index is 0.109. The molecular weight excluding hydrogens is 320 g/mol. The standard InChI is InChI=1S/C16H15ClN2S2/c1-10(18)8-11-9-12(17)6-7-14(11)20-16-19-13-4-2-3-5-15(13)21-16/h2-7,9-10H,8,18H2,1H3. The van der Waals surface area contributed by atoms with Crippen LogP contribution in [-0.4, -0.2) is 11.0 Å². The van der Waals surface area contributed by atoms with Crippen LogP contribution in [0.25, 0.3) is 10.2 Å². The molecule has 0 fully saturated rings. The van der Waals surface area contributed by atoms with Crippen LogP contribution in [0.3, 0.4) is 0 Å². The third-order valence-electron chi connectivity index (χ3n) is 3.04. The van der Waals surface area contributed by atoms with Gasteiger partial charge in [-0.1, -0.05) is 35.5 Å². The molecule has 0 radical (unpaired) electrons. The van der Waals surface area contributed by atoms with Crippen LogP contribution >= 0.6 is 34.7 Å². The molecule has 1 atom stereocenters. The maximum Gasteiger partial charge on any atom is 0.155 e. The van der Waals surface area contributed by atoms with Gasteiger partial charge in [-0.2, -0.15) is 0 Å². The van der Waals surface area contributed by atoms with Crippen LogP contribution in [0, 0.1) is 0 Å². The molecule has 3 aromatic rings. The number of hydrogen-bond donors (Lipinski definition) is 1. The zero-order chi connectivity index (χ0) is 14.8. The lowest BCUT2D eigenvalue weighted by molar-refractivity contribution is 0.729. The molecule has 0 spiro atoms. The van der Waals surface area contributed by atoms with E-state index in [9.17, 15) is 0 Å². The van der Waals surface area contributed by atoms with E-state index in [1.165, 1.54) is 15.2 Å². The highest BCUT2D eigenvalue weighted by molar-refractivity contribution is 8.01. The van der Waals surface area contributed by atoms with Gasteiger partial charge in [0, 0.05) is 16.0 Å². The molecule has 0 amide bonds. The van der Waals surface area contributed by atoms with Gasteiger partial charge in [0.15, 0.2) is 4.34 Å². The number of fused-ring (bicyclic) bond motifs is 1. The fourth-order valence-corrected chi connectivity index (χ4v) is 4.48. The second kappa shape index (κ2) is 6.36. The monoisotopic (exact) mass is 334 g/mol. The maximum atomic E-state index is 6.10. The van der Waals surface area contributed by atoms with Crippen LogP contribution in [0.1, 0.15) is 12.5 Å². The number of nitrogens with zero attached hydrogens (tertiary/aromatic N) is 1. The second-order valence-electron chi connectivity index (χ2n) is 4.98. The average Bonchev–Trinajstić information content (AvgIpc) is 2.83. The van der Waals surface area contributed by atoms with Crippen molar-refractivity contribution >= 4 is 44.9 Å². The zero-order valence-electron chi connectivity index (χ0n) is 11.5. The van der Waals surface area contributed by atoms with Crippen molar-refractivity contribution in [2.45, 2.75) is 28.6 Å². The average molecular weight is 335 g/mol. The molecule has 3 rings (SSSR count). The largest absolute Gasteiger partial charge is 0.328 e. The van der Waals surface area contributed by atoms with E-state index in [0.29, 0.717) is 0 Å². The molecule has 2 aromatic carbocycles. The Morgan fingerprint density at radius 3 is 2.86 bits per heavy atom. The summed E-state index contributed by atoms with van der Waals surface area (Å²) in [6.07, 6.45) is 0.813. The molecule has 5 heteroatoms. The van der Waals surface area contributed by atoms with Gasteiger partial charge >= 0.3 is 0 Å². The molecule has 0 aliphatic carbocycles. The van der Waals surface area contributed by atoms with Gasteiger partial charge in [-0.3, -0.25) is 0 Å². The van der Waals surface area contributed by atoms with Gasteiger partial charge in [0.05, 0.1) is 10.2 Å². The van der Waals surface area contributed by atoms with Gasteiger partial charge in [-0.25, -0.2) is 4.98 Å². The molecule has 0 saturated carbocycles. The van der Waals surface area contributed by atoms with Crippen molar-refractivity contribution in [1.82, 2.24) is 4.98 Å². The van der Waals surface area contributed by atoms with Gasteiger partial charge in [0.25, 0.3) is 0 Å². The fraction of sp³-hybridized carbons (Fsp3) is 0.188. The van der Waals surface area contributed by atoms with Gasteiger partial charge in [-0.05, 0) is 49.2 Å². The highest BCUT2D eigenvalue weighted by Gasteiger charge is 2.10. The van der Waals surface area contributed by atoms with E-state index >= 15 is 0 Å². The van der Waals surface area contributed by atoms with Gasteiger partial charge in [0.2, 0.25) is 0 Å². The Bertz CT molecular complexity index is 735. The van der Waals surface area contributed by atoms with Crippen molar-refractivity contribution in [2.24, 2.45) is 5.73 Å². The smallest absolute Gasteiger partial charge is 0.155 e. The molecule has 1 heterocycles. The van der Waals surface area contributed by atoms with Crippen molar-refractivity contribution in [1.29, 1.82) is 0 Å². The van der Waals surface area contributed by atoms with Crippen LogP contribution in [0.5, 0.6) is 0 Å². The molecule has 0 aliphatic heterocycles. The summed E-state index contributed by atoms with van der Waals surface area (Å²) < 4.78 is 2.26. The summed E-state index contributed by atoms with van der Waals surface area (Å²) in [6, 6.07) is 14.3. The maximum absolute atomic E-state index is 6.10. The fourth-order valence-electron chi connectivity index (χ4n) is 2.14. The summed E-state index contributed by atoms with van der Waals surface area (Å²) in [5.74, 6) is 0. The minimum Gasteiger partial charge on any atom is -0.328 e. The van der Waals surface area contributed by atoms with Crippen molar-refractivity contribution in [3.63, 3.8) is 0 Å². The number of nitrogens with two attached hydrogens (primary N) is 1. The second-order valence-corrected chi connectivity index (χ2v) is 7.74. The van der Waals surface area contributed by atoms with E-state index in [2.05, 4.69) is 17.1 Å². The summed E-state index contributed by atoms with van der Waals surface area (Å²) in [7, 11) is 0. The number of hydrogen-bond acceptors (Lipinski definition) is 4. The zero-order valence-corrected chi connectivity index (χ0v) is 13.9. The first-order valence-electron chi connectivity index (χ1n) is 6.69. The van der Waals surface area contributed by atoms with Gasteiger partial charge < -0.3 is 5.73 Å². The summed E-state index contributed by atoms with van der Waals surface area (Å²) in [4.78, 5) is 5.84. The van der Waals surface area contributed by atoms with Crippen LogP contribution in [0.4, 0.5) is 0 Å². The number of rotatable bonds is 4. The minimum absolute atomic E-state index is 0.109. The first kappa shape index (κ1) is 14.9. The normalized spacial score (nSPS) is 12.7. The summed E-state index contributed by atoms with van der Waals surface area (Å²) in [5, 5.41) is 0.749. The Hall–Kier alpha value is -1.07. The molecule has 2 nitrogen and oxygen atoms in total. The number of para-hydroxylation sites is 1. The molecule has 1 unspecified atom stereocenters. The summed E-state index contributed by atoms with van der Waals surface area (Å²) in [6.45, 7) is 2.01. The summed E-state index contributed by atoms with van der Waals surface area (Å²) in [5.41, 5.74) is 8.16. The predicted molar refractivity (Wildman–Crippen MR) is 92.5 cm³/mol. The lowest BCUT2D eigenvalue weighted by Crippen LogP contribution is -2.18. The van der Waals surface area contributed by atoms with E-state index in [-0.39, 0.29) is 6.04 Å². The Balaban J connectivity index is 1.93. The predicted octanol–water partition coefficient (Wildman–Crippen LogP) is 4.99. The van der Waals surface area contributed by atoms with Gasteiger partial charge in [-0.15, -0.1) is 11.3 Å².